The molecule has 0 N–H and O–H groups in total. The van der Waals surface area contributed by atoms with Gasteiger partial charge in [0.25, 0.3) is 5.56 Å². The number of carbonyl (C=O) groups is 1. The molecule has 2 aromatic heterocycles. The number of nitrogens with zero attached hydrogens (tertiary/aromatic N) is 3. The van der Waals surface area contributed by atoms with E-state index in [0.29, 0.717) is 30.3 Å². The Hall–Kier alpha value is -1.66. The summed E-state index contributed by atoms with van der Waals surface area (Å²) in [4.78, 5) is 26.7. The van der Waals surface area contributed by atoms with Crippen molar-refractivity contribution in [1.82, 2.24) is 14.7 Å². The van der Waals surface area contributed by atoms with E-state index in [1.165, 1.54) is 16.0 Å². The molecule has 21 heavy (non-hydrogen) atoms. The number of thiophene rings is 1. The fourth-order valence-corrected chi connectivity index (χ4v) is 3.49. The van der Waals surface area contributed by atoms with Crippen LogP contribution in [0.4, 0.5) is 0 Å². The molecule has 0 unspecified atom stereocenters. The number of hydrogen-bond acceptors (Lipinski definition) is 4. The maximum atomic E-state index is 12.3. The molecule has 0 radical (unpaired) electrons. The normalized spacial score (nSPS) is 14.1. The van der Waals surface area contributed by atoms with Crippen molar-refractivity contribution in [3.63, 3.8) is 0 Å². The third-order valence-corrected chi connectivity index (χ3v) is 4.78. The van der Waals surface area contributed by atoms with Gasteiger partial charge >= 0.3 is 0 Å². The Morgan fingerprint density at radius 1 is 1.48 bits per heavy atom. The van der Waals surface area contributed by atoms with Crippen LogP contribution < -0.4 is 5.56 Å². The fraction of sp³-hybridized carbons (Fsp3) is 0.357. The number of amides is 1. The van der Waals surface area contributed by atoms with Gasteiger partial charge in [0.2, 0.25) is 5.91 Å². The zero-order valence-electron chi connectivity index (χ0n) is 11.5. The summed E-state index contributed by atoms with van der Waals surface area (Å²) in [5.74, 6) is 0.0554. The lowest BCUT2D eigenvalue weighted by molar-refractivity contribution is -0.131. The van der Waals surface area contributed by atoms with Gasteiger partial charge in [0.1, 0.15) is 0 Å². The van der Waals surface area contributed by atoms with Gasteiger partial charge in [-0.2, -0.15) is 5.10 Å². The number of rotatable bonds is 2. The second-order valence-corrected chi connectivity index (χ2v) is 6.83. The number of fused-ring (bicyclic) bond motifs is 1. The molecule has 0 aromatic carbocycles. The van der Waals surface area contributed by atoms with Crippen molar-refractivity contribution in [2.75, 3.05) is 6.54 Å². The minimum absolute atomic E-state index is 0.0554. The molecule has 0 saturated heterocycles. The molecule has 0 saturated carbocycles. The van der Waals surface area contributed by atoms with Gasteiger partial charge in [0, 0.05) is 43.1 Å². The number of aryl methyl sites for hydroxylation is 1. The fourth-order valence-electron chi connectivity index (χ4n) is 2.41. The minimum atomic E-state index is -0.145. The second-order valence-electron chi connectivity index (χ2n) is 5.03. The van der Waals surface area contributed by atoms with Crippen molar-refractivity contribution in [3.8, 4) is 0 Å². The lowest BCUT2D eigenvalue weighted by atomic mass is 10.1. The maximum Gasteiger partial charge on any atom is 0.266 e. The highest BCUT2D eigenvalue weighted by Crippen LogP contribution is 2.23. The quantitative estimate of drug-likeness (QED) is 0.844. The molecule has 0 spiro atoms. The summed E-state index contributed by atoms with van der Waals surface area (Å²) in [6.07, 6.45) is 1.03. The Morgan fingerprint density at radius 3 is 3.00 bits per heavy atom. The third kappa shape index (κ3) is 3.01. The van der Waals surface area contributed by atoms with Crippen molar-refractivity contribution in [2.45, 2.75) is 19.4 Å². The summed E-state index contributed by atoms with van der Waals surface area (Å²) in [5.41, 5.74) is 1.61. The number of halogens is 1. The van der Waals surface area contributed by atoms with Crippen molar-refractivity contribution in [1.29, 1.82) is 0 Å². The summed E-state index contributed by atoms with van der Waals surface area (Å²) in [7, 11) is 1.64. The van der Waals surface area contributed by atoms with Gasteiger partial charge in [-0.25, -0.2) is 4.68 Å². The highest BCUT2D eigenvalue weighted by molar-refractivity contribution is 7.16. The van der Waals surface area contributed by atoms with Crippen LogP contribution in [0.3, 0.4) is 0 Å². The van der Waals surface area contributed by atoms with Crippen molar-refractivity contribution < 1.29 is 4.79 Å². The SMILES string of the molecule is Cn1nc2c(cc1=O)CN(C(=O)Cc1ccc(Cl)s1)CC2. The van der Waals surface area contributed by atoms with Crippen LogP contribution >= 0.6 is 22.9 Å². The van der Waals surface area contributed by atoms with E-state index in [4.69, 9.17) is 11.6 Å². The van der Waals surface area contributed by atoms with Gasteiger partial charge < -0.3 is 4.90 Å². The average Bonchev–Trinajstić information content (AvgIpc) is 2.85. The van der Waals surface area contributed by atoms with Gasteiger partial charge in [-0.05, 0) is 12.1 Å². The molecular formula is C14H14ClN3O2S. The van der Waals surface area contributed by atoms with E-state index < -0.39 is 0 Å². The number of carbonyl (C=O) groups excluding carboxylic acids is 1. The second kappa shape index (κ2) is 5.61. The molecule has 7 heteroatoms. The van der Waals surface area contributed by atoms with Gasteiger partial charge in [0.15, 0.2) is 0 Å². The van der Waals surface area contributed by atoms with Crippen LogP contribution in [0.1, 0.15) is 16.1 Å². The monoisotopic (exact) mass is 323 g/mol. The number of aromatic nitrogens is 2. The van der Waals surface area contributed by atoms with Gasteiger partial charge in [-0.15, -0.1) is 11.3 Å². The molecular weight excluding hydrogens is 310 g/mol. The summed E-state index contributed by atoms with van der Waals surface area (Å²) in [6, 6.07) is 5.25. The van der Waals surface area contributed by atoms with Crippen LogP contribution in [0.25, 0.3) is 0 Å². The lowest BCUT2D eigenvalue weighted by Gasteiger charge is -2.28. The summed E-state index contributed by atoms with van der Waals surface area (Å²) in [5, 5.41) is 4.25. The Balaban J connectivity index is 1.75. The molecule has 110 valence electrons. The first kappa shape index (κ1) is 14.3. The Kier molecular flexibility index (Phi) is 3.82. The van der Waals surface area contributed by atoms with Gasteiger partial charge in [0.05, 0.1) is 16.5 Å². The van der Waals surface area contributed by atoms with E-state index in [1.54, 1.807) is 24.1 Å². The number of hydrogen-bond donors (Lipinski definition) is 0. The van der Waals surface area contributed by atoms with E-state index in [1.807, 2.05) is 6.07 Å². The zero-order valence-corrected chi connectivity index (χ0v) is 13.1. The van der Waals surface area contributed by atoms with Crippen LogP contribution in [0, 0.1) is 0 Å². The molecule has 2 aromatic rings. The van der Waals surface area contributed by atoms with Crippen molar-refractivity contribution >= 4 is 28.8 Å². The van der Waals surface area contributed by atoms with Crippen molar-refractivity contribution in [2.24, 2.45) is 7.05 Å². The topological polar surface area (TPSA) is 55.2 Å². The Labute approximate surface area is 130 Å². The maximum absolute atomic E-state index is 12.3. The van der Waals surface area contributed by atoms with Crippen LogP contribution in [0.5, 0.6) is 0 Å². The molecule has 0 fully saturated rings. The van der Waals surface area contributed by atoms with E-state index in [-0.39, 0.29) is 11.5 Å². The van der Waals surface area contributed by atoms with E-state index in [2.05, 4.69) is 5.10 Å². The largest absolute Gasteiger partial charge is 0.338 e. The molecule has 1 aliphatic heterocycles. The average molecular weight is 324 g/mol. The molecule has 5 nitrogen and oxygen atoms in total. The first-order chi connectivity index (χ1) is 10.0. The molecule has 0 aliphatic carbocycles. The molecule has 3 heterocycles. The van der Waals surface area contributed by atoms with Gasteiger partial charge in [-0.1, -0.05) is 11.6 Å². The standard InChI is InChI=1S/C14H14ClN3O2S/c1-17-13(19)6-9-8-18(5-4-11(9)16-17)14(20)7-10-2-3-12(15)21-10/h2-3,6H,4-5,7-8H2,1H3. The highest BCUT2D eigenvalue weighted by Gasteiger charge is 2.22. The van der Waals surface area contributed by atoms with E-state index in [0.717, 1.165) is 16.1 Å². The molecule has 1 amide bonds. The zero-order chi connectivity index (χ0) is 15.0. The Morgan fingerprint density at radius 2 is 2.29 bits per heavy atom. The third-order valence-electron chi connectivity index (χ3n) is 3.54. The summed E-state index contributed by atoms with van der Waals surface area (Å²) in [6.45, 7) is 1.09. The van der Waals surface area contributed by atoms with Crippen LogP contribution in [-0.4, -0.2) is 27.1 Å². The molecule has 3 rings (SSSR count). The first-order valence-electron chi connectivity index (χ1n) is 6.61. The Bertz CT molecular complexity index is 753. The predicted octanol–water partition coefficient (Wildman–Crippen LogP) is 1.62. The molecule has 1 aliphatic rings. The summed E-state index contributed by atoms with van der Waals surface area (Å²) < 4.78 is 2.03. The van der Waals surface area contributed by atoms with Crippen LogP contribution in [0.2, 0.25) is 4.34 Å². The van der Waals surface area contributed by atoms with Crippen molar-refractivity contribution in [3.05, 3.63) is 49.0 Å². The van der Waals surface area contributed by atoms with Crippen LogP contribution in [0.15, 0.2) is 23.0 Å². The van der Waals surface area contributed by atoms with E-state index in [9.17, 15) is 9.59 Å². The van der Waals surface area contributed by atoms with E-state index >= 15 is 0 Å². The molecule has 0 atom stereocenters. The van der Waals surface area contributed by atoms with Crippen LogP contribution in [-0.2, 0) is 31.2 Å². The highest BCUT2D eigenvalue weighted by atomic mass is 35.5. The lowest BCUT2D eigenvalue weighted by Crippen LogP contribution is -2.38. The van der Waals surface area contributed by atoms with Gasteiger partial charge in [-0.3, -0.25) is 9.59 Å². The molecule has 0 bridgehead atoms. The minimum Gasteiger partial charge on any atom is -0.338 e. The smallest absolute Gasteiger partial charge is 0.266 e. The predicted molar refractivity (Wildman–Crippen MR) is 81.6 cm³/mol. The summed E-state index contributed by atoms with van der Waals surface area (Å²) >= 11 is 7.30. The first-order valence-corrected chi connectivity index (χ1v) is 7.80.